The summed E-state index contributed by atoms with van der Waals surface area (Å²) in [6.07, 6.45) is 3.46. The van der Waals surface area contributed by atoms with Crippen molar-refractivity contribution in [1.82, 2.24) is 15.1 Å². The number of methoxy groups -OCH3 is 1. The van der Waals surface area contributed by atoms with Gasteiger partial charge in [-0.3, -0.25) is 0 Å². The van der Waals surface area contributed by atoms with E-state index in [-0.39, 0.29) is 0 Å². The zero-order valence-corrected chi connectivity index (χ0v) is 14.9. The van der Waals surface area contributed by atoms with Crippen LogP contribution in [-0.2, 0) is 12.8 Å². The van der Waals surface area contributed by atoms with Crippen LogP contribution >= 0.6 is 11.6 Å². The molecule has 0 radical (unpaired) electrons. The van der Waals surface area contributed by atoms with Gasteiger partial charge in [-0.05, 0) is 55.2 Å². The summed E-state index contributed by atoms with van der Waals surface area (Å²) in [6.45, 7) is 0. The first kappa shape index (κ1) is 15.5. The van der Waals surface area contributed by atoms with Gasteiger partial charge in [-0.2, -0.15) is 4.98 Å². The molecule has 4 aromatic rings. The van der Waals surface area contributed by atoms with E-state index in [1.807, 2.05) is 18.2 Å². The molecule has 0 spiro atoms. The zero-order valence-electron chi connectivity index (χ0n) is 14.2. The molecule has 0 amide bonds. The molecule has 0 bridgehead atoms. The maximum absolute atomic E-state index is 6.37. The van der Waals surface area contributed by atoms with E-state index in [1.165, 1.54) is 23.1 Å². The van der Waals surface area contributed by atoms with Crippen molar-refractivity contribution < 1.29 is 9.26 Å². The number of aryl methyl sites for hydroxylation is 2. The van der Waals surface area contributed by atoms with Gasteiger partial charge >= 0.3 is 0 Å². The van der Waals surface area contributed by atoms with Crippen LogP contribution in [0.15, 0.2) is 40.9 Å². The van der Waals surface area contributed by atoms with E-state index < -0.39 is 0 Å². The average Bonchev–Trinajstić information content (AvgIpc) is 3.37. The quantitative estimate of drug-likeness (QED) is 0.552. The third-order valence-electron chi connectivity index (χ3n) is 4.95. The normalized spacial score (nSPS) is 13.3. The van der Waals surface area contributed by atoms with Crippen LogP contribution in [-0.4, -0.2) is 22.2 Å². The molecular weight excluding hydrogens is 350 g/mol. The molecule has 2 heterocycles. The number of halogens is 1. The number of rotatable bonds is 3. The molecule has 130 valence electrons. The van der Waals surface area contributed by atoms with Crippen molar-refractivity contribution in [2.75, 3.05) is 7.11 Å². The molecule has 1 N–H and O–H groups in total. The zero-order chi connectivity index (χ0) is 17.7. The molecule has 1 aliphatic rings. The van der Waals surface area contributed by atoms with Crippen molar-refractivity contribution >= 4 is 22.5 Å². The molecule has 5 nitrogen and oxygen atoms in total. The number of H-pyrrole nitrogens is 1. The highest BCUT2D eigenvalue weighted by atomic mass is 35.5. The molecule has 6 heteroatoms. The lowest BCUT2D eigenvalue weighted by molar-refractivity contribution is 0.413. The molecule has 0 fully saturated rings. The SMILES string of the molecule is COc1cccc(-c2nc(-c3ccc4[nH]c5c(c4c3)CCC5)no2)c1Cl. The molecular formula is C20H16ClN3O2. The summed E-state index contributed by atoms with van der Waals surface area (Å²) in [5.74, 6) is 1.50. The number of hydrogen-bond acceptors (Lipinski definition) is 4. The topological polar surface area (TPSA) is 63.9 Å². The highest BCUT2D eigenvalue weighted by molar-refractivity contribution is 6.34. The Morgan fingerprint density at radius 3 is 3.00 bits per heavy atom. The van der Waals surface area contributed by atoms with Gasteiger partial charge in [0.05, 0.1) is 17.7 Å². The standard InChI is InChI=1S/C20H16ClN3O2/c1-25-17-7-3-5-13(18(17)21)20-23-19(24-26-20)11-8-9-16-14(10-11)12-4-2-6-15(12)22-16/h3,5,7-10,22H,2,4,6H2,1H3. The van der Waals surface area contributed by atoms with Crippen LogP contribution in [0.5, 0.6) is 5.75 Å². The van der Waals surface area contributed by atoms with Crippen LogP contribution in [0.25, 0.3) is 33.7 Å². The second kappa shape index (κ2) is 5.88. The van der Waals surface area contributed by atoms with Crippen LogP contribution in [0, 0.1) is 0 Å². The Labute approximate surface area is 154 Å². The van der Waals surface area contributed by atoms with Crippen molar-refractivity contribution in [3.05, 3.63) is 52.7 Å². The largest absolute Gasteiger partial charge is 0.495 e. The summed E-state index contributed by atoms with van der Waals surface area (Å²) in [4.78, 5) is 8.05. The predicted molar refractivity (Wildman–Crippen MR) is 101 cm³/mol. The monoisotopic (exact) mass is 365 g/mol. The Kier molecular flexibility index (Phi) is 3.50. The molecule has 0 saturated heterocycles. The van der Waals surface area contributed by atoms with Gasteiger partial charge in [-0.1, -0.05) is 22.8 Å². The smallest absolute Gasteiger partial charge is 0.259 e. The van der Waals surface area contributed by atoms with Crippen LogP contribution in [0.1, 0.15) is 17.7 Å². The molecule has 26 heavy (non-hydrogen) atoms. The van der Waals surface area contributed by atoms with Gasteiger partial charge in [0, 0.05) is 22.2 Å². The predicted octanol–water partition coefficient (Wildman–Crippen LogP) is 5.04. The van der Waals surface area contributed by atoms with Gasteiger partial charge in [0.25, 0.3) is 5.89 Å². The van der Waals surface area contributed by atoms with E-state index in [0.29, 0.717) is 28.1 Å². The Morgan fingerprint density at radius 1 is 1.19 bits per heavy atom. The van der Waals surface area contributed by atoms with Crippen molar-refractivity contribution in [3.8, 4) is 28.6 Å². The van der Waals surface area contributed by atoms with Gasteiger partial charge in [0.15, 0.2) is 0 Å². The first-order valence-electron chi connectivity index (χ1n) is 8.55. The van der Waals surface area contributed by atoms with Crippen molar-refractivity contribution in [3.63, 3.8) is 0 Å². The third-order valence-corrected chi connectivity index (χ3v) is 5.34. The van der Waals surface area contributed by atoms with Crippen LogP contribution in [0.3, 0.4) is 0 Å². The highest BCUT2D eigenvalue weighted by Crippen LogP contribution is 2.36. The number of aromatic nitrogens is 3. The fourth-order valence-corrected chi connectivity index (χ4v) is 3.95. The molecule has 5 rings (SSSR count). The first-order chi connectivity index (χ1) is 12.7. The third kappa shape index (κ3) is 2.31. The Hall–Kier alpha value is -2.79. The van der Waals surface area contributed by atoms with Gasteiger partial charge in [-0.15, -0.1) is 0 Å². The maximum atomic E-state index is 6.37. The van der Waals surface area contributed by atoms with E-state index >= 15 is 0 Å². The van der Waals surface area contributed by atoms with Crippen molar-refractivity contribution in [1.29, 1.82) is 0 Å². The van der Waals surface area contributed by atoms with E-state index in [9.17, 15) is 0 Å². The molecule has 0 unspecified atom stereocenters. The van der Waals surface area contributed by atoms with E-state index in [1.54, 1.807) is 13.2 Å². The van der Waals surface area contributed by atoms with Gasteiger partial charge in [-0.25, -0.2) is 0 Å². The summed E-state index contributed by atoms with van der Waals surface area (Å²) in [5.41, 5.74) is 5.53. The molecule has 0 aliphatic heterocycles. The van der Waals surface area contributed by atoms with Gasteiger partial charge in [0.1, 0.15) is 5.75 Å². The number of nitrogens with one attached hydrogen (secondary N) is 1. The second-order valence-electron chi connectivity index (χ2n) is 6.44. The lowest BCUT2D eigenvalue weighted by atomic mass is 10.1. The minimum absolute atomic E-state index is 0.378. The summed E-state index contributed by atoms with van der Waals surface area (Å²) in [7, 11) is 1.58. The van der Waals surface area contributed by atoms with Crippen LogP contribution in [0.4, 0.5) is 0 Å². The summed E-state index contributed by atoms with van der Waals surface area (Å²) < 4.78 is 10.7. The number of benzene rings is 2. The van der Waals surface area contributed by atoms with E-state index in [0.717, 1.165) is 23.9 Å². The molecule has 2 aromatic heterocycles. The maximum Gasteiger partial charge on any atom is 0.259 e. The van der Waals surface area contributed by atoms with E-state index in [2.05, 4.69) is 27.3 Å². The summed E-state index contributed by atoms with van der Waals surface area (Å²) in [6, 6.07) is 11.7. The van der Waals surface area contributed by atoms with Crippen LogP contribution in [0.2, 0.25) is 5.02 Å². The summed E-state index contributed by atoms with van der Waals surface area (Å²) in [5, 5.41) is 5.86. The van der Waals surface area contributed by atoms with Crippen LogP contribution < -0.4 is 4.74 Å². The van der Waals surface area contributed by atoms with E-state index in [4.69, 9.17) is 20.9 Å². The number of hydrogen-bond donors (Lipinski definition) is 1. The highest BCUT2D eigenvalue weighted by Gasteiger charge is 2.19. The molecule has 0 atom stereocenters. The first-order valence-corrected chi connectivity index (χ1v) is 8.93. The number of fused-ring (bicyclic) bond motifs is 3. The Morgan fingerprint density at radius 2 is 2.12 bits per heavy atom. The number of aromatic amines is 1. The molecule has 2 aromatic carbocycles. The number of ether oxygens (including phenoxy) is 1. The second-order valence-corrected chi connectivity index (χ2v) is 6.82. The fourth-order valence-electron chi connectivity index (χ4n) is 3.67. The minimum Gasteiger partial charge on any atom is -0.495 e. The minimum atomic E-state index is 0.378. The molecule has 1 aliphatic carbocycles. The van der Waals surface area contributed by atoms with Crippen molar-refractivity contribution in [2.24, 2.45) is 0 Å². The van der Waals surface area contributed by atoms with Gasteiger partial charge in [0.2, 0.25) is 5.82 Å². The summed E-state index contributed by atoms with van der Waals surface area (Å²) >= 11 is 6.37. The Bertz CT molecular complexity index is 1130. The lowest BCUT2D eigenvalue weighted by Gasteiger charge is -2.04. The number of nitrogens with zero attached hydrogens (tertiary/aromatic N) is 2. The Balaban J connectivity index is 1.57. The lowest BCUT2D eigenvalue weighted by Crippen LogP contribution is -1.87. The fraction of sp³-hybridized carbons (Fsp3) is 0.200. The average molecular weight is 366 g/mol. The van der Waals surface area contributed by atoms with Gasteiger partial charge < -0.3 is 14.2 Å². The molecule has 0 saturated carbocycles. The van der Waals surface area contributed by atoms with Crippen molar-refractivity contribution in [2.45, 2.75) is 19.3 Å².